The van der Waals surface area contributed by atoms with Crippen molar-refractivity contribution in [1.29, 1.82) is 0 Å². The van der Waals surface area contributed by atoms with E-state index in [2.05, 4.69) is 22.4 Å². The molecule has 0 aliphatic carbocycles. The molecule has 2 bridgehead atoms. The fraction of sp³-hybridized carbons (Fsp3) is 0.667. The van der Waals surface area contributed by atoms with E-state index in [1.54, 1.807) is 11.3 Å². The summed E-state index contributed by atoms with van der Waals surface area (Å²) in [6.45, 7) is 0. The van der Waals surface area contributed by atoms with Gasteiger partial charge < -0.3 is 0 Å². The van der Waals surface area contributed by atoms with Crippen molar-refractivity contribution in [3.8, 4) is 0 Å². The largest absolute Gasteiger partial charge is 0.300 e. The Morgan fingerprint density at radius 3 is 3.21 bits per heavy atom. The standard InChI is InChI=1S/C9H14N4S/c1-13-5-2-3-7(13)8-6(4-5)11-9(12-10)14-8/h5,7H,2-4,10H2,1H3,(H,11,12). The van der Waals surface area contributed by atoms with E-state index in [1.807, 2.05) is 0 Å². The van der Waals surface area contributed by atoms with E-state index in [0.717, 1.165) is 11.6 Å². The van der Waals surface area contributed by atoms with E-state index in [-0.39, 0.29) is 0 Å². The maximum Gasteiger partial charge on any atom is 0.197 e. The lowest BCUT2D eigenvalue weighted by Gasteiger charge is -2.29. The van der Waals surface area contributed by atoms with Crippen LogP contribution in [0.2, 0.25) is 0 Å². The molecular formula is C9H14N4S. The number of anilines is 1. The third kappa shape index (κ3) is 1.03. The van der Waals surface area contributed by atoms with Gasteiger partial charge >= 0.3 is 0 Å². The Morgan fingerprint density at radius 1 is 1.57 bits per heavy atom. The van der Waals surface area contributed by atoms with Crippen LogP contribution >= 0.6 is 11.3 Å². The number of likely N-dealkylation sites (N-methyl/N-ethyl adjacent to an activating group) is 1. The molecule has 3 N–H and O–H groups in total. The summed E-state index contributed by atoms with van der Waals surface area (Å²) in [6, 6.07) is 1.31. The van der Waals surface area contributed by atoms with Gasteiger partial charge in [0.25, 0.3) is 0 Å². The predicted molar refractivity (Wildman–Crippen MR) is 57.2 cm³/mol. The Balaban J connectivity index is 2.05. The first-order chi connectivity index (χ1) is 6.79. The summed E-state index contributed by atoms with van der Waals surface area (Å²) in [5.74, 6) is 5.38. The minimum atomic E-state index is 0.600. The van der Waals surface area contributed by atoms with Crippen LogP contribution in [0.4, 0.5) is 5.13 Å². The molecule has 0 saturated carbocycles. The Labute approximate surface area is 87.1 Å². The zero-order valence-electron chi connectivity index (χ0n) is 8.16. The minimum absolute atomic E-state index is 0.600. The van der Waals surface area contributed by atoms with E-state index in [0.29, 0.717) is 12.1 Å². The van der Waals surface area contributed by atoms with Crippen molar-refractivity contribution in [1.82, 2.24) is 9.88 Å². The third-order valence-electron chi connectivity index (χ3n) is 3.42. The summed E-state index contributed by atoms with van der Waals surface area (Å²) >= 11 is 1.71. The number of nitrogens with zero attached hydrogens (tertiary/aromatic N) is 2. The lowest BCUT2D eigenvalue weighted by Crippen LogP contribution is -2.33. The van der Waals surface area contributed by atoms with Gasteiger partial charge in [0.2, 0.25) is 0 Å². The average molecular weight is 210 g/mol. The van der Waals surface area contributed by atoms with Crippen LogP contribution in [0.1, 0.15) is 29.5 Å². The van der Waals surface area contributed by atoms with Crippen LogP contribution in [0.3, 0.4) is 0 Å². The zero-order valence-corrected chi connectivity index (χ0v) is 8.97. The molecule has 2 aliphatic rings. The quantitative estimate of drug-likeness (QED) is 0.539. The number of hydrogen-bond donors (Lipinski definition) is 2. The number of hydrogen-bond acceptors (Lipinski definition) is 5. The van der Waals surface area contributed by atoms with Crippen LogP contribution in [-0.4, -0.2) is 23.0 Å². The number of aromatic nitrogens is 1. The van der Waals surface area contributed by atoms with Crippen LogP contribution < -0.4 is 11.3 Å². The van der Waals surface area contributed by atoms with Crippen molar-refractivity contribution in [3.05, 3.63) is 10.6 Å². The lowest BCUT2D eigenvalue weighted by atomic mass is 10.1. The number of nitrogens with two attached hydrogens (primary N) is 1. The number of fused-ring (bicyclic) bond motifs is 4. The first-order valence-corrected chi connectivity index (χ1v) is 5.79. The molecule has 2 atom stereocenters. The van der Waals surface area contributed by atoms with Crippen molar-refractivity contribution in [2.24, 2.45) is 5.84 Å². The van der Waals surface area contributed by atoms with Crippen molar-refractivity contribution in [2.45, 2.75) is 31.3 Å². The van der Waals surface area contributed by atoms with Crippen LogP contribution in [0.15, 0.2) is 0 Å². The molecule has 3 heterocycles. The highest BCUT2D eigenvalue weighted by molar-refractivity contribution is 7.15. The molecule has 1 aromatic rings. The molecule has 14 heavy (non-hydrogen) atoms. The molecule has 2 unspecified atom stereocenters. The molecule has 4 nitrogen and oxygen atoms in total. The van der Waals surface area contributed by atoms with Gasteiger partial charge in [-0.25, -0.2) is 10.8 Å². The monoisotopic (exact) mass is 210 g/mol. The molecule has 1 fully saturated rings. The summed E-state index contributed by atoms with van der Waals surface area (Å²) in [7, 11) is 2.22. The molecule has 0 spiro atoms. The number of hydrazine groups is 1. The fourth-order valence-electron chi connectivity index (χ4n) is 2.63. The number of nitrogen functional groups attached to an aromatic ring is 1. The van der Waals surface area contributed by atoms with Gasteiger partial charge in [0.1, 0.15) is 0 Å². The second kappa shape index (κ2) is 2.92. The Morgan fingerprint density at radius 2 is 2.43 bits per heavy atom. The van der Waals surface area contributed by atoms with Crippen LogP contribution in [0.5, 0.6) is 0 Å². The highest BCUT2D eigenvalue weighted by atomic mass is 32.1. The number of rotatable bonds is 1. The molecule has 3 rings (SSSR count). The van der Waals surface area contributed by atoms with Gasteiger partial charge in [-0.15, -0.1) is 0 Å². The highest BCUT2D eigenvalue weighted by Gasteiger charge is 2.39. The topological polar surface area (TPSA) is 54.2 Å². The van der Waals surface area contributed by atoms with Crippen molar-refractivity contribution >= 4 is 16.5 Å². The first-order valence-electron chi connectivity index (χ1n) is 4.97. The summed E-state index contributed by atoms with van der Waals surface area (Å²) in [6.07, 6.45) is 3.69. The molecule has 1 aromatic heterocycles. The molecule has 0 amide bonds. The Kier molecular flexibility index (Phi) is 1.80. The predicted octanol–water partition coefficient (Wildman–Crippen LogP) is 1.12. The Hall–Kier alpha value is -0.650. The average Bonchev–Trinajstić information content (AvgIpc) is 2.69. The zero-order chi connectivity index (χ0) is 9.71. The second-order valence-electron chi connectivity index (χ2n) is 4.09. The molecule has 5 heteroatoms. The molecule has 0 aromatic carbocycles. The van der Waals surface area contributed by atoms with Crippen molar-refractivity contribution in [3.63, 3.8) is 0 Å². The van der Waals surface area contributed by atoms with E-state index in [9.17, 15) is 0 Å². The minimum Gasteiger partial charge on any atom is -0.300 e. The lowest BCUT2D eigenvalue weighted by molar-refractivity contribution is 0.226. The van der Waals surface area contributed by atoms with Crippen molar-refractivity contribution < 1.29 is 0 Å². The van der Waals surface area contributed by atoms with E-state index >= 15 is 0 Å². The van der Waals surface area contributed by atoms with Crippen LogP contribution in [0, 0.1) is 0 Å². The van der Waals surface area contributed by atoms with Gasteiger partial charge in [-0.3, -0.25) is 10.3 Å². The van der Waals surface area contributed by atoms with Crippen LogP contribution in [0.25, 0.3) is 0 Å². The van der Waals surface area contributed by atoms with E-state index in [4.69, 9.17) is 5.84 Å². The summed E-state index contributed by atoms with van der Waals surface area (Å²) in [5.41, 5.74) is 3.92. The first kappa shape index (κ1) is 8.64. The molecule has 76 valence electrons. The highest BCUT2D eigenvalue weighted by Crippen LogP contribution is 2.45. The van der Waals surface area contributed by atoms with Gasteiger partial charge in [0, 0.05) is 23.4 Å². The van der Waals surface area contributed by atoms with Gasteiger partial charge in [0.15, 0.2) is 5.13 Å². The van der Waals surface area contributed by atoms with Crippen LogP contribution in [-0.2, 0) is 6.42 Å². The van der Waals surface area contributed by atoms with Gasteiger partial charge in [-0.1, -0.05) is 11.3 Å². The molecule has 1 saturated heterocycles. The van der Waals surface area contributed by atoms with Gasteiger partial charge in [-0.05, 0) is 19.9 Å². The van der Waals surface area contributed by atoms with Crippen molar-refractivity contribution in [2.75, 3.05) is 12.5 Å². The summed E-state index contributed by atoms with van der Waals surface area (Å²) in [5, 5.41) is 0.857. The number of nitrogens with one attached hydrogen (secondary N) is 1. The maximum atomic E-state index is 5.38. The molecule has 2 aliphatic heterocycles. The number of thiazole rings is 1. The summed E-state index contributed by atoms with van der Waals surface area (Å²) in [4.78, 5) is 8.41. The maximum absolute atomic E-state index is 5.38. The third-order valence-corrected chi connectivity index (χ3v) is 4.55. The molecular weight excluding hydrogens is 196 g/mol. The summed E-state index contributed by atoms with van der Waals surface area (Å²) < 4.78 is 0. The van der Waals surface area contributed by atoms with Gasteiger partial charge in [-0.2, -0.15) is 0 Å². The smallest absolute Gasteiger partial charge is 0.197 e. The normalized spacial score (nSPS) is 30.4. The van der Waals surface area contributed by atoms with E-state index in [1.165, 1.54) is 23.4 Å². The fourth-order valence-corrected chi connectivity index (χ4v) is 3.72. The van der Waals surface area contributed by atoms with E-state index < -0.39 is 0 Å². The molecule has 0 radical (unpaired) electrons. The Bertz CT molecular complexity index is 362. The second-order valence-corrected chi connectivity index (χ2v) is 5.12. The van der Waals surface area contributed by atoms with Gasteiger partial charge in [0.05, 0.1) is 5.69 Å². The SMILES string of the molecule is CN1C2CCC1c1sc(NN)nc1C2.